The summed E-state index contributed by atoms with van der Waals surface area (Å²) in [7, 11) is 0. The van der Waals surface area contributed by atoms with Crippen LogP contribution >= 0.6 is 12.2 Å². The molecular formula is C17H18N2OS. The minimum atomic E-state index is -0.0518. The van der Waals surface area contributed by atoms with Crippen LogP contribution in [-0.2, 0) is 6.54 Å². The van der Waals surface area contributed by atoms with Gasteiger partial charge in [0.25, 0.3) is 5.91 Å². The lowest BCUT2D eigenvalue weighted by molar-refractivity contribution is 0.0949. The molecular weight excluding hydrogens is 280 g/mol. The van der Waals surface area contributed by atoms with Crippen molar-refractivity contribution in [2.45, 2.75) is 20.4 Å². The van der Waals surface area contributed by atoms with Crippen molar-refractivity contribution in [1.82, 2.24) is 5.32 Å². The van der Waals surface area contributed by atoms with Gasteiger partial charge in [0, 0.05) is 17.7 Å². The van der Waals surface area contributed by atoms with Crippen LogP contribution < -0.4 is 11.1 Å². The summed E-state index contributed by atoms with van der Waals surface area (Å²) >= 11 is 4.91. The molecule has 0 aromatic heterocycles. The van der Waals surface area contributed by atoms with Crippen LogP contribution in [0.15, 0.2) is 42.5 Å². The molecule has 0 spiro atoms. The number of benzene rings is 2. The van der Waals surface area contributed by atoms with Gasteiger partial charge in [0.1, 0.15) is 4.99 Å². The Morgan fingerprint density at radius 3 is 2.19 bits per heavy atom. The van der Waals surface area contributed by atoms with Crippen molar-refractivity contribution in [3.63, 3.8) is 0 Å². The zero-order chi connectivity index (χ0) is 15.4. The first-order valence-electron chi connectivity index (χ1n) is 6.72. The van der Waals surface area contributed by atoms with Gasteiger partial charge in [-0.3, -0.25) is 4.79 Å². The molecule has 2 aromatic carbocycles. The molecule has 0 radical (unpaired) electrons. The van der Waals surface area contributed by atoms with E-state index in [1.807, 2.05) is 56.3 Å². The van der Waals surface area contributed by atoms with E-state index in [4.69, 9.17) is 18.0 Å². The summed E-state index contributed by atoms with van der Waals surface area (Å²) < 4.78 is 0. The summed E-state index contributed by atoms with van der Waals surface area (Å²) in [6.07, 6.45) is 0. The summed E-state index contributed by atoms with van der Waals surface area (Å²) in [6.45, 7) is 4.36. The van der Waals surface area contributed by atoms with E-state index >= 15 is 0 Å². The monoisotopic (exact) mass is 298 g/mol. The van der Waals surface area contributed by atoms with Crippen LogP contribution in [0.4, 0.5) is 0 Å². The summed E-state index contributed by atoms with van der Waals surface area (Å²) in [5.41, 5.74) is 10.1. The molecule has 0 aliphatic heterocycles. The van der Waals surface area contributed by atoms with E-state index in [1.54, 1.807) is 0 Å². The average Bonchev–Trinajstić information content (AvgIpc) is 2.45. The number of rotatable bonds is 4. The van der Waals surface area contributed by atoms with Gasteiger partial charge >= 0.3 is 0 Å². The fourth-order valence-corrected chi connectivity index (χ4v) is 2.37. The van der Waals surface area contributed by atoms with Gasteiger partial charge in [-0.1, -0.05) is 54.7 Å². The maximum Gasteiger partial charge on any atom is 0.252 e. The summed E-state index contributed by atoms with van der Waals surface area (Å²) in [6, 6.07) is 13.4. The predicted molar refractivity (Wildman–Crippen MR) is 89.4 cm³/mol. The number of carbonyl (C=O) groups excluding carboxylic acids is 1. The lowest BCUT2D eigenvalue weighted by atomic mass is 10.0. The van der Waals surface area contributed by atoms with Crippen LogP contribution in [0.3, 0.4) is 0 Å². The van der Waals surface area contributed by atoms with Gasteiger partial charge in [-0.05, 0) is 30.5 Å². The van der Waals surface area contributed by atoms with Gasteiger partial charge in [-0.25, -0.2) is 0 Å². The second-order valence-electron chi connectivity index (χ2n) is 5.01. The molecule has 0 unspecified atom stereocenters. The third-order valence-electron chi connectivity index (χ3n) is 3.40. The Hall–Kier alpha value is -2.20. The van der Waals surface area contributed by atoms with Crippen molar-refractivity contribution >= 4 is 23.1 Å². The fourth-order valence-electron chi connectivity index (χ4n) is 2.23. The Bertz CT molecular complexity index is 657. The molecule has 4 heteroatoms. The van der Waals surface area contributed by atoms with Crippen molar-refractivity contribution in [3.05, 3.63) is 70.3 Å². The Kier molecular flexibility index (Phi) is 4.70. The van der Waals surface area contributed by atoms with Gasteiger partial charge in [-0.15, -0.1) is 0 Å². The van der Waals surface area contributed by atoms with Crippen LogP contribution in [-0.4, -0.2) is 10.9 Å². The molecule has 2 rings (SSSR count). The fraction of sp³-hybridized carbons (Fsp3) is 0.176. The SMILES string of the molecule is Cc1cccc(C)c1C(=O)NCc1ccc(C(N)=S)cc1. The Morgan fingerprint density at radius 2 is 1.67 bits per heavy atom. The van der Waals surface area contributed by atoms with Crippen LogP contribution in [0.2, 0.25) is 0 Å². The van der Waals surface area contributed by atoms with Crippen molar-refractivity contribution in [2.24, 2.45) is 5.73 Å². The molecule has 0 aliphatic rings. The second-order valence-corrected chi connectivity index (χ2v) is 5.45. The molecule has 0 saturated heterocycles. The van der Waals surface area contributed by atoms with Crippen LogP contribution in [0.5, 0.6) is 0 Å². The Morgan fingerprint density at radius 1 is 1.10 bits per heavy atom. The summed E-state index contributed by atoms with van der Waals surface area (Å²) in [5, 5.41) is 2.94. The second kappa shape index (κ2) is 6.50. The molecule has 21 heavy (non-hydrogen) atoms. The van der Waals surface area contributed by atoms with Gasteiger partial charge in [0.05, 0.1) is 0 Å². The summed E-state index contributed by atoms with van der Waals surface area (Å²) in [4.78, 5) is 12.7. The number of thiocarbonyl (C=S) groups is 1. The molecule has 108 valence electrons. The third-order valence-corrected chi connectivity index (χ3v) is 3.64. The first-order chi connectivity index (χ1) is 9.99. The van der Waals surface area contributed by atoms with Crippen LogP contribution in [0.1, 0.15) is 32.6 Å². The minimum Gasteiger partial charge on any atom is -0.389 e. The molecule has 3 N–H and O–H groups in total. The number of aryl methyl sites for hydroxylation is 2. The standard InChI is InChI=1S/C17H18N2OS/c1-11-4-3-5-12(2)15(11)17(20)19-10-13-6-8-14(9-7-13)16(18)21/h3-9H,10H2,1-2H3,(H2,18,21)(H,19,20). The molecule has 1 amide bonds. The van der Waals surface area contributed by atoms with E-state index < -0.39 is 0 Å². The smallest absolute Gasteiger partial charge is 0.252 e. The highest BCUT2D eigenvalue weighted by atomic mass is 32.1. The predicted octanol–water partition coefficient (Wildman–Crippen LogP) is 2.87. The van der Waals surface area contributed by atoms with Crippen LogP contribution in [0, 0.1) is 13.8 Å². The highest BCUT2D eigenvalue weighted by Crippen LogP contribution is 2.13. The number of nitrogens with one attached hydrogen (secondary N) is 1. The lowest BCUT2D eigenvalue weighted by Gasteiger charge is -2.10. The number of hydrogen-bond acceptors (Lipinski definition) is 2. The topological polar surface area (TPSA) is 55.1 Å². The Labute approximate surface area is 130 Å². The van der Waals surface area contributed by atoms with E-state index in [2.05, 4.69) is 5.32 Å². The van der Waals surface area contributed by atoms with Gasteiger partial charge in [0.2, 0.25) is 0 Å². The largest absolute Gasteiger partial charge is 0.389 e. The maximum atomic E-state index is 12.3. The number of nitrogens with two attached hydrogens (primary N) is 1. The van der Waals surface area contributed by atoms with Gasteiger partial charge < -0.3 is 11.1 Å². The van der Waals surface area contributed by atoms with Crippen molar-refractivity contribution in [3.8, 4) is 0 Å². The minimum absolute atomic E-state index is 0.0518. The zero-order valence-corrected chi connectivity index (χ0v) is 13.0. The first-order valence-corrected chi connectivity index (χ1v) is 7.13. The molecule has 3 nitrogen and oxygen atoms in total. The Balaban J connectivity index is 2.06. The molecule has 0 heterocycles. The van der Waals surface area contributed by atoms with Crippen LogP contribution in [0.25, 0.3) is 0 Å². The van der Waals surface area contributed by atoms with Gasteiger partial charge in [0.15, 0.2) is 0 Å². The maximum absolute atomic E-state index is 12.3. The number of amides is 1. The number of carbonyl (C=O) groups is 1. The molecule has 0 saturated carbocycles. The summed E-state index contributed by atoms with van der Waals surface area (Å²) in [5.74, 6) is -0.0518. The van der Waals surface area contributed by atoms with E-state index in [0.29, 0.717) is 11.5 Å². The van der Waals surface area contributed by atoms with E-state index in [0.717, 1.165) is 27.8 Å². The zero-order valence-electron chi connectivity index (χ0n) is 12.1. The van der Waals surface area contributed by atoms with E-state index in [1.165, 1.54) is 0 Å². The third kappa shape index (κ3) is 3.67. The number of hydrogen-bond donors (Lipinski definition) is 2. The molecule has 2 aromatic rings. The first kappa shape index (κ1) is 15.2. The molecule has 0 aliphatic carbocycles. The van der Waals surface area contributed by atoms with Crippen molar-refractivity contribution < 1.29 is 4.79 Å². The molecule has 0 fully saturated rings. The highest BCUT2D eigenvalue weighted by Gasteiger charge is 2.11. The van der Waals surface area contributed by atoms with E-state index in [-0.39, 0.29) is 5.91 Å². The highest BCUT2D eigenvalue weighted by molar-refractivity contribution is 7.80. The van der Waals surface area contributed by atoms with Crippen molar-refractivity contribution in [1.29, 1.82) is 0 Å². The van der Waals surface area contributed by atoms with E-state index in [9.17, 15) is 4.79 Å². The molecule has 0 atom stereocenters. The lowest BCUT2D eigenvalue weighted by Crippen LogP contribution is -2.24. The quantitative estimate of drug-likeness (QED) is 0.853. The average molecular weight is 298 g/mol. The molecule has 0 bridgehead atoms. The normalized spacial score (nSPS) is 10.2. The van der Waals surface area contributed by atoms with Gasteiger partial charge in [-0.2, -0.15) is 0 Å². The van der Waals surface area contributed by atoms with Crippen molar-refractivity contribution in [2.75, 3.05) is 0 Å².